The van der Waals surface area contributed by atoms with Crippen molar-refractivity contribution in [3.8, 4) is 0 Å². The summed E-state index contributed by atoms with van der Waals surface area (Å²) in [5.74, 6) is -2.07. The third-order valence-corrected chi connectivity index (χ3v) is 6.33. The quantitative estimate of drug-likeness (QED) is 0.709. The van der Waals surface area contributed by atoms with Gasteiger partial charge < -0.3 is 9.84 Å². The van der Waals surface area contributed by atoms with Crippen LogP contribution in [0.2, 0.25) is 0 Å². The first-order valence-electron chi connectivity index (χ1n) is 7.52. The number of carboxylic acids is 1. The number of fused-ring (bicyclic) bond motifs is 1. The van der Waals surface area contributed by atoms with E-state index in [1.807, 2.05) is 0 Å². The van der Waals surface area contributed by atoms with Crippen molar-refractivity contribution < 1.29 is 27.9 Å². The van der Waals surface area contributed by atoms with Crippen LogP contribution in [-0.2, 0) is 19.6 Å². The number of carbonyl (C=O) groups is 2. The first-order valence-corrected chi connectivity index (χ1v) is 9.82. The minimum absolute atomic E-state index is 0.0249. The lowest BCUT2D eigenvalue weighted by molar-refractivity contribution is -0.139. The molecule has 1 heterocycles. The largest absolute Gasteiger partial charge is 0.480 e. The molecule has 0 spiro atoms. The van der Waals surface area contributed by atoms with Crippen molar-refractivity contribution in [2.24, 2.45) is 5.92 Å². The summed E-state index contributed by atoms with van der Waals surface area (Å²) in [7, 11) is -3.08. The molecule has 0 bridgehead atoms. The highest BCUT2D eigenvalue weighted by atomic mass is 32.2. The van der Waals surface area contributed by atoms with Gasteiger partial charge in [0.2, 0.25) is 10.0 Å². The van der Waals surface area contributed by atoms with Crippen molar-refractivity contribution in [2.45, 2.75) is 31.2 Å². The van der Waals surface area contributed by atoms with Gasteiger partial charge in [0.05, 0.1) is 7.11 Å². The third-order valence-electron chi connectivity index (χ3n) is 3.49. The summed E-state index contributed by atoms with van der Waals surface area (Å²) in [5.41, 5.74) is 0. The number of methoxy groups -OCH3 is 1. The normalized spacial score (nSPS) is 13.1. The molecule has 2 N–H and O–H groups in total. The van der Waals surface area contributed by atoms with E-state index in [2.05, 4.69) is 9.46 Å². The molecule has 0 aliphatic heterocycles. The predicted octanol–water partition coefficient (Wildman–Crippen LogP) is 2.47. The van der Waals surface area contributed by atoms with Crippen LogP contribution in [0.1, 0.15) is 29.9 Å². The fraction of sp³-hybridized carbons (Fsp3) is 0.375. The van der Waals surface area contributed by atoms with Crippen LogP contribution in [0.25, 0.3) is 10.1 Å². The number of benzene rings is 1. The van der Waals surface area contributed by atoms with E-state index >= 15 is 0 Å². The Labute approximate surface area is 149 Å². The number of rotatable bonds is 7. The molecule has 136 valence electrons. The van der Waals surface area contributed by atoms with Crippen LogP contribution >= 0.6 is 11.3 Å². The number of ether oxygens (including phenoxy) is 1. The Bertz CT molecular complexity index is 900. The Morgan fingerprint density at radius 2 is 1.92 bits per heavy atom. The molecule has 7 nitrogen and oxygen atoms in total. The van der Waals surface area contributed by atoms with Crippen LogP contribution in [0, 0.1) is 5.92 Å². The number of thiophene rings is 1. The second-order valence-corrected chi connectivity index (χ2v) is 8.59. The van der Waals surface area contributed by atoms with E-state index in [1.54, 1.807) is 38.1 Å². The van der Waals surface area contributed by atoms with Crippen LogP contribution in [0.4, 0.5) is 0 Å². The molecule has 0 saturated carbocycles. The summed E-state index contributed by atoms with van der Waals surface area (Å²) in [4.78, 5) is 23.1. The van der Waals surface area contributed by atoms with Crippen molar-refractivity contribution in [1.82, 2.24) is 4.72 Å². The molecule has 1 unspecified atom stereocenters. The van der Waals surface area contributed by atoms with E-state index in [0.717, 1.165) is 18.4 Å². The minimum Gasteiger partial charge on any atom is -0.480 e. The predicted molar refractivity (Wildman–Crippen MR) is 94.4 cm³/mol. The van der Waals surface area contributed by atoms with Crippen LogP contribution < -0.4 is 4.72 Å². The average Bonchev–Trinajstić information content (AvgIpc) is 2.93. The molecule has 9 heteroatoms. The molecule has 0 radical (unpaired) electrons. The summed E-state index contributed by atoms with van der Waals surface area (Å²) in [6.07, 6.45) is 0.129. The van der Waals surface area contributed by atoms with Gasteiger partial charge in [-0.1, -0.05) is 32.0 Å². The van der Waals surface area contributed by atoms with Crippen molar-refractivity contribution in [3.63, 3.8) is 0 Å². The summed E-state index contributed by atoms with van der Waals surface area (Å²) in [6.45, 7) is 3.59. The Morgan fingerprint density at radius 1 is 1.28 bits per heavy atom. The number of nitrogens with one attached hydrogen (secondary N) is 1. The van der Waals surface area contributed by atoms with Crippen molar-refractivity contribution >= 4 is 43.4 Å². The van der Waals surface area contributed by atoms with Gasteiger partial charge in [-0.05, 0) is 18.4 Å². The van der Waals surface area contributed by atoms with Crippen molar-refractivity contribution in [2.75, 3.05) is 7.11 Å². The van der Waals surface area contributed by atoms with Gasteiger partial charge in [-0.15, -0.1) is 11.3 Å². The van der Waals surface area contributed by atoms with E-state index in [1.165, 1.54) is 0 Å². The Balaban J connectivity index is 2.58. The van der Waals surface area contributed by atoms with E-state index in [0.29, 0.717) is 10.1 Å². The zero-order valence-electron chi connectivity index (χ0n) is 14.0. The van der Waals surface area contributed by atoms with Gasteiger partial charge in [-0.2, -0.15) is 4.72 Å². The van der Waals surface area contributed by atoms with Gasteiger partial charge in [0.25, 0.3) is 0 Å². The van der Waals surface area contributed by atoms with Gasteiger partial charge in [-0.25, -0.2) is 13.2 Å². The first-order chi connectivity index (χ1) is 11.7. The Kier molecular flexibility index (Phi) is 5.81. The Hall–Kier alpha value is -1.97. The molecule has 2 aromatic rings. The molecule has 25 heavy (non-hydrogen) atoms. The van der Waals surface area contributed by atoms with Gasteiger partial charge in [0, 0.05) is 10.1 Å². The van der Waals surface area contributed by atoms with Gasteiger partial charge in [0.15, 0.2) is 0 Å². The van der Waals surface area contributed by atoms with Gasteiger partial charge >= 0.3 is 11.9 Å². The third kappa shape index (κ3) is 4.17. The SMILES string of the molecule is COC(=O)c1sc2ccccc2c1S(=O)(=O)NC(CC(C)C)C(=O)O. The fourth-order valence-electron chi connectivity index (χ4n) is 2.43. The number of esters is 1. The highest BCUT2D eigenvalue weighted by Gasteiger charge is 2.32. The van der Waals surface area contributed by atoms with Crippen LogP contribution in [0.5, 0.6) is 0 Å². The minimum atomic E-state index is -4.24. The van der Waals surface area contributed by atoms with Crippen molar-refractivity contribution in [3.05, 3.63) is 29.1 Å². The summed E-state index contributed by atoms with van der Waals surface area (Å²) < 4.78 is 33.2. The van der Waals surface area contributed by atoms with Crippen molar-refractivity contribution in [1.29, 1.82) is 0 Å². The molecule has 1 atom stereocenters. The number of carbonyl (C=O) groups excluding carboxylic acids is 1. The van der Waals surface area contributed by atoms with E-state index in [4.69, 9.17) is 0 Å². The molecule has 0 saturated heterocycles. The highest BCUT2D eigenvalue weighted by molar-refractivity contribution is 7.90. The van der Waals surface area contributed by atoms with E-state index < -0.39 is 28.0 Å². The summed E-state index contributed by atoms with van der Waals surface area (Å²) in [6, 6.07) is 5.36. The summed E-state index contributed by atoms with van der Waals surface area (Å²) >= 11 is 0.992. The number of aliphatic carboxylic acids is 1. The number of hydrogen-bond acceptors (Lipinski definition) is 6. The molecule has 1 aromatic carbocycles. The lowest BCUT2D eigenvalue weighted by Gasteiger charge is -2.17. The maximum Gasteiger partial charge on any atom is 0.349 e. The molecule has 0 aliphatic rings. The zero-order chi connectivity index (χ0) is 18.8. The second kappa shape index (κ2) is 7.51. The second-order valence-electron chi connectivity index (χ2n) is 5.89. The highest BCUT2D eigenvalue weighted by Crippen LogP contribution is 2.35. The lowest BCUT2D eigenvalue weighted by atomic mass is 10.1. The van der Waals surface area contributed by atoms with Crippen LogP contribution in [0.3, 0.4) is 0 Å². The van der Waals surface area contributed by atoms with Gasteiger partial charge in [-0.3, -0.25) is 4.79 Å². The van der Waals surface area contributed by atoms with E-state index in [9.17, 15) is 23.1 Å². The maximum atomic E-state index is 12.9. The molecule has 1 aromatic heterocycles. The van der Waals surface area contributed by atoms with Crippen LogP contribution in [-0.4, -0.2) is 38.6 Å². The fourth-order valence-corrected chi connectivity index (χ4v) is 5.45. The maximum absolute atomic E-state index is 12.9. The number of hydrogen-bond donors (Lipinski definition) is 2. The molecular formula is C16H19NO6S2. The first kappa shape index (κ1) is 19.4. The molecule has 2 rings (SSSR count). The molecular weight excluding hydrogens is 366 g/mol. The molecule has 0 fully saturated rings. The standard InChI is InChI=1S/C16H19NO6S2/c1-9(2)8-11(15(18)19)17-25(21,22)14-10-6-4-5-7-12(10)24-13(14)16(20)23-3/h4-7,9,11,17H,8H2,1-3H3,(H,18,19). The van der Waals surface area contributed by atoms with Gasteiger partial charge in [0.1, 0.15) is 15.8 Å². The number of sulfonamides is 1. The number of carboxylic acid groups (broad SMARTS) is 1. The average molecular weight is 385 g/mol. The Morgan fingerprint density at radius 3 is 2.48 bits per heavy atom. The zero-order valence-corrected chi connectivity index (χ0v) is 15.6. The molecule has 0 aliphatic carbocycles. The topological polar surface area (TPSA) is 110 Å². The molecule has 0 amide bonds. The lowest BCUT2D eigenvalue weighted by Crippen LogP contribution is -2.41. The smallest absolute Gasteiger partial charge is 0.349 e. The monoisotopic (exact) mass is 385 g/mol. The van der Waals surface area contributed by atoms with E-state index in [-0.39, 0.29) is 22.1 Å². The summed E-state index contributed by atoms with van der Waals surface area (Å²) in [5, 5.41) is 9.66. The van der Waals surface area contributed by atoms with Crippen LogP contribution in [0.15, 0.2) is 29.2 Å².